The highest BCUT2D eigenvalue weighted by molar-refractivity contribution is 6.09. The normalized spacial score (nSPS) is 18.2. The Kier molecular flexibility index (Phi) is 5.30. The van der Waals surface area contributed by atoms with Gasteiger partial charge < -0.3 is 9.72 Å². The van der Waals surface area contributed by atoms with E-state index in [1.807, 2.05) is 78.9 Å². The van der Waals surface area contributed by atoms with Crippen LogP contribution in [0.2, 0.25) is 0 Å². The molecular formula is C32H26N2O2. The molecule has 1 aromatic heterocycles. The predicted molar refractivity (Wildman–Crippen MR) is 143 cm³/mol. The number of ether oxygens (including phenoxy) is 1. The van der Waals surface area contributed by atoms with E-state index in [0.717, 1.165) is 44.4 Å². The molecule has 0 saturated heterocycles. The van der Waals surface area contributed by atoms with Crippen molar-refractivity contribution in [3.8, 4) is 0 Å². The molecule has 1 N–H and O–H groups in total. The van der Waals surface area contributed by atoms with Crippen molar-refractivity contribution in [2.24, 2.45) is 4.99 Å². The molecule has 0 spiro atoms. The van der Waals surface area contributed by atoms with Crippen molar-refractivity contribution in [1.29, 1.82) is 0 Å². The van der Waals surface area contributed by atoms with E-state index in [-0.39, 0.29) is 5.97 Å². The first-order valence-electron chi connectivity index (χ1n) is 12.1. The Labute approximate surface area is 210 Å². The molecule has 6 rings (SSSR count). The minimum Gasteiger partial charge on any atom is -0.405 e. The number of fused-ring (bicyclic) bond motifs is 1. The van der Waals surface area contributed by atoms with Gasteiger partial charge >= 0.3 is 5.97 Å². The van der Waals surface area contributed by atoms with Crippen molar-refractivity contribution >= 4 is 22.8 Å². The van der Waals surface area contributed by atoms with Gasteiger partial charge in [0.1, 0.15) is 0 Å². The van der Waals surface area contributed by atoms with Gasteiger partial charge in [0.25, 0.3) is 0 Å². The molecule has 2 heterocycles. The van der Waals surface area contributed by atoms with Gasteiger partial charge in [-0.2, -0.15) is 0 Å². The molecule has 0 fully saturated rings. The van der Waals surface area contributed by atoms with E-state index in [2.05, 4.69) is 49.2 Å². The minimum atomic E-state index is -1.30. The number of aromatic amines is 1. The number of carbonyl (C=O) groups excluding carboxylic acids is 1. The molecule has 0 amide bonds. The van der Waals surface area contributed by atoms with Gasteiger partial charge in [-0.15, -0.1) is 0 Å². The second kappa shape index (κ2) is 8.65. The largest absolute Gasteiger partial charge is 0.405 e. The molecule has 4 nitrogen and oxygen atoms in total. The number of esters is 1. The van der Waals surface area contributed by atoms with Crippen molar-refractivity contribution in [2.75, 3.05) is 0 Å². The second-order valence-corrected chi connectivity index (χ2v) is 9.36. The number of rotatable bonds is 5. The number of nitrogens with zero attached hydrogens (tertiary/aromatic N) is 1. The average Bonchev–Trinajstić information content (AvgIpc) is 3.43. The van der Waals surface area contributed by atoms with Gasteiger partial charge in [0.2, 0.25) is 5.90 Å². The standard InChI is InChI=1S/C32H26N2O2/c1-21-12-11-15-24(20-21)28(29-22(2)26-18-9-10-19-27(26)33-29)32(25-16-7-4-8-17-25)31(35)36-30(34-32)23-13-5-3-6-14-23/h3-20,28,33H,1-2H3/t28-,32+/m1/s1. The van der Waals surface area contributed by atoms with Crippen LogP contribution in [-0.2, 0) is 15.1 Å². The summed E-state index contributed by atoms with van der Waals surface area (Å²) in [7, 11) is 0. The number of cyclic esters (lactones) is 1. The Balaban J connectivity index is 1.69. The van der Waals surface area contributed by atoms with Crippen LogP contribution in [-0.4, -0.2) is 16.9 Å². The van der Waals surface area contributed by atoms with Crippen LogP contribution in [0.3, 0.4) is 0 Å². The van der Waals surface area contributed by atoms with E-state index in [9.17, 15) is 4.79 Å². The van der Waals surface area contributed by atoms with Crippen molar-refractivity contribution < 1.29 is 9.53 Å². The van der Waals surface area contributed by atoms with Crippen LogP contribution in [0.25, 0.3) is 10.9 Å². The first kappa shape index (κ1) is 22.1. The number of H-pyrrole nitrogens is 1. The molecule has 0 saturated carbocycles. The van der Waals surface area contributed by atoms with Gasteiger partial charge in [-0.05, 0) is 48.7 Å². The average molecular weight is 471 g/mol. The molecule has 36 heavy (non-hydrogen) atoms. The summed E-state index contributed by atoms with van der Waals surface area (Å²) in [6.07, 6.45) is 0. The molecule has 2 atom stereocenters. The minimum absolute atomic E-state index is 0.343. The molecule has 176 valence electrons. The van der Waals surface area contributed by atoms with Gasteiger partial charge in [-0.1, -0.05) is 96.6 Å². The second-order valence-electron chi connectivity index (χ2n) is 9.36. The van der Waals surface area contributed by atoms with E-state index in [4.69, 9.17) is 9.73 Å². The van der Waals surface area contributed by atoms with Crippen LogP contribution < -0.4 is 0 Å². The number of hydrogen-bond acceptors (Lipinski definition) is 3. The Hall–Kier alpha value is -4.44. The van der Waals surface area contributed by atoms with Crippen LogP contribution in [0.5, 0.6) is 0 Å². The lowest BCUT2D eigenvalue weighted by Gasteiger charge is -2.33. The number of hydrogen-bond donors (Lipinski definition) is 1. The quantitative estimate of drug-likeness (QED) is 0.287. The van der Waals surface area contributed by atoms with Gasteiger partial charge in [0, 0.05) is 22.2 Å². The lowest BCUT2D eigenvalue weighted by atomic mass is 9.72. The summed E-state index contributed by atoms with van der Waals surface area (Å²) in [4.78, 5) is 22.9. The van der Waals surface area contributed by atoms with Gasteiger partial charge in [0.05, 0.1) is 5.92 Å². The summed E-state index contributed by atoms with van der Waals surface area (Å²) in [6.45, 7) is 4.18. The summed E-state index contributed by atoms with van der Waals surface area (Å²) in [5.74, 6) is -0.464. The fourth-order valence-corrected chi connectivity index (χ4v) is 5.38. The third-order valence-electron chi connectivity index (χ3n) is 7.10. The van der Waals surface area contributed by atoms with Gasteiger partial charge in [0.15, 0.2) is 5.54 Å². The summed E-state index contributed by atoms with van der Waals surface area (Å²) in [5, 5.41) is 1.13. The Morgan fingerprint density at radius 1 is 0.806 bits per heavy atom. The molecule has 4 aromatic carbocycles. The van der Waals surface area contributed by atoms with Crippen LogP contribution >= 0.6 is 0 Å². The van der Waals surface area contributed by atoms with Crippen LogP contribution in [0.15, 0.2) is 114 Å². The van der Waals surface area contributed by atoms with E-state index in [1.165, 1.54) is 0 Å². The van der Waals surface area contributed by atoms with Gasteiger partial charge in [-0.3, -0.25) is 0 Å². The Bertz CT molecular complexity index is 1600. The third kappa shape index (κ3) is 3.45. The highest BCUT2D eigenvalue weighted by Crippen LogP contribution is 2.50. The maximum atomic E-state index is 14.1. The van der Waals surface area contributed by atoms with E-state index in [0.29, 0.717) is 5.90 Å². The van der Waals surface area contributed by atoms with E-state index in [1.54, 1.807) is 0 Å². The predicted octanol–water partition coefficient (Wildman–Crippen LogP) is 6.82. The Morgan fingerprint density at radius 2 is 1.50 bits per heavy atom. The summed E-state index contributed by atoms with van der Waals surface area (Å²) in [6, 6.07) is 36.0. The highest BCUT2D eigenvalue weighted by atomic mass is 16.6. The van der Waals surface area contributed by atoms with Gasteiger partial charge in [-0.25, -0.2) is 9.79 Å². The number of carbonyl (C=O) groups is 1. The third-order valence-corrected chi connectivity index (χ3v) is 7.10. The zero-order chi connectivity index (χ0) is 24.7. The number of benzene rings is 4. The smallest absolute Gasteiger partial charge is 0.346 e. The first-order chi connectivity index (χ1) is 17.6. The molecule has 1 aliphatic rings. The molecule has 0 aliphatic carbocycles. The maximum absolute atomic E-state index is 14.1. The van der Waals surface area contributed by atoms with Crippen LogP contribution in [0, 0.1) is 13.8 Å². The molecule has 0 unspecified atom stereocenters. The summed E-state index contributed by atoms with van der Waals surface area (Å²) in [5.41, 5.74) is 5.49. The fraction of sp³-hybridized carbons (Fsp3) is 0.125. The zero-order valence-electron chi connectivity index (χ0n) is 20.2. The van der Waals surface area contributed by atoms with Crippen LogP contribution in [0.1, 0.15) is 39.4 Å². The molecule has 4 heteroatoms. The van der Waals surface area contributed by atoms with Crippen molar-refractivity contribution in [2.45, 2.75) is 25.3 Å². The molecule has 1 aliphatic heterocycles. The number of aromatic nitrogens is 1. The maximum Gasteiger partial charge on any atom is 0.346 e. The number of aryl methyl sites for hydroxylation is 2. The topological polar surface area (TPSA) is 54.4 Å². The fourth-order valence-electron chi connectivity index (χ4n) is 5.38. The number of para-hydroxylation sites is 1. The first-order valence-corrected chi connectivity index (χ1v) is 12.1. The van der Waals surface area contributed by atoms with Crippen LogP contribution in [0.4, 0.5) is 0 Å². The Morgan fingerprint density at radius 3 is 2.22 bits per heavy atom. The monoisotopic (exact) mass is 470 g/mol. The summed E-state index contributed by atoms with van der Waals surface area (Å²) >= 11 is 0. The molecule has 0 bridgehead atoms. The number of nitrogens with one attached hydrogen (secondary N) is 1. The lowest BCUT2D eigenvalue weighted by molar-refractivity contribution is -0.140. The van der Waals surface area contributed by atoms with Crippen molar-refractivity contribution in [3.05, 3.63) is 143 Å². The van der Waals surface area contributed by atoms with Crippen molar-refractivity contribution in [3.63, 3.8) is 0 Å². The molecule has 0 radical (unpaired) electrons. The molecular weight excluding hydrogens is 444 g/mol. The molecule has 5 aromatic rings. The lowest BCUT2D eigenvalue weighted by Crippen LogP contribution is -2.39. The van der Waals surface area contributed by atoms with E-state index >= 15 is 0 Å². The number of aliphatic imine (C=N–C) groups is 1. The van der Waals surface area contributed by atoms with Crippen molar-refractivity contribution in [1.82, 2.24) is 4.98 Å². The zero-order valence-corrected chi connectivity index (χ0v) is 20.2. The summed E-state index contributed by atoms with van der Waals surface area (Å²) < 4.78 is 5.98. The highest BCUT2D eigenvalue weighted by Gasteiger charge is 2.55. The SMILES string of the molecule is Cc1cccc([C@H](c2[nH]c3ccccc3c2C)[C@]2(c3ccccc3)N=C(c3ccccc3)OC2=O)c1. The van der Waals surface area contributed by atoms with E-state index < -0.39 is 11.5 Å².